The Balaban J connectivity index is 1.75. The second-order valence-corrected chi connectivity index (χ2v) is 8.54. The van der Waals surface area contributed by atoms with E-state index in [-0.39, 0.29) is 17.2 Å². The van der Waals surface area contributed by atoms with E-state index in [0.717, 1.165) is 25.0 Å². The number of carbonyl (C=O) groups excluding carboxylic acids is 1. The van der Waals surface area contributed by atoms with Gasteiger partial charge in [0.2, 0.25) is 5.91 Å². The minimum Gasteiger partial charge on any atom is -0.479 e. The van der Waals surface area contributed by atoms with Crippen LogP contribution in [0.15, 0.2) is 24.4 Å². The highest BCUT2D eigenvalue weighted by Gasteiger charge is 2.45. The number of allylic oxidation sites excluding steroid dienone is 2. The van der Waals surface area contributed by atoms with Gasteiger partial charge in [-0.3, -0.25) is 9.48 Å². The molecule has 0 radical (unpaired) electrons. The van der Waals surface area contributed by atoms with Gasteiger partial charge in [0.15, 0.2) is 5.54 Å². The summed E-state index contributed by atoms with van der Waals surface area (Å²) in [7, 11) is 0. The van der Waals surface area contributed by atoms with E-state index in [4.69, 9.17) is 0 Å². The largest absolute Gasteiger partial charge is 0.479 e. The average molecular weight is 359 g/mol. The van der Waals surface area contributed by atoms with Crippen LogP contribution in [0.4, 0.5) is 0 Å². The lowest BCUT2D eigenvalue weighted by molar-refractivity contribution is -0.154. The van der Waals surface area contributed by atoms with Crippen molar-refractivity contribution in [1.82, 2.24) is 14.7 Å². The maximum absolute atomic E-state index is 12.7. The number of nitrogens with zero attached hydrogens (tertiary/aromatic N) is 3. The van der Waals surface area contributed by atoms with E-state index in [9.17, 15) is 14.7 Å². The van der Waals surface area contributed by atoms with Gasteiger partial charge in [-0.1, -0.05) is 32.9 Å². The van der Waals surface area contributed by atoms with Crippen molar-refractivity contribution in [1.29, 1.82) is 0 Å². The third-order valence-corrected chi connectivity index (χ3v) is 5.71. The zero-order chi connectivity index (χ0) is 18.9. The summed E-state index contributed by atoms with van der Waals surface area (Å²) in [6.45, 7) is 7.12. The van der Waals surface area contributed by atoms with Gasteiger partial charge >= 0.3 is 5.97 Å². The minimum absolute atomic E-state index is 0.0505. The highest BCUT2D eigenvalue weighted by atomic mass is 16.4. The SMILES string of the molecule is CC(C)(C)c1ccn(C2(C(=O)O)CCN(C(=O)[C@H]3CC=CCC3)CC2)n1. The zero-order valence-corrected chi connectivity index (χ0v) is 15.9. The Morgan fingerprint density at radius 3 is 2.42 bits per heavy atom. The molecule has 142 valence electrons. The monoisotopic (exact) mass is 359 g/mol. The molecule has 1 aromatic heterocycles. The second-order valence-electron chi connectivity index (χ2n) is 8.54. The molecule has 0 bridgehead atoms. The fraction of sp³-hybridized carbons (Fsp3) is 0.650. The Hall–Kier alpha value is -2.11. The fourth-order valence-electron chi connectivity index (χ4n) is 3.88. The third-order valence-electron chi connectivity index (χ3n) is 5.71. The van der Waals surface area contributed by atoms with Gasteiger partial charge in [-0.2, -0.15) is 5.10 Å². The van der Waals surface area contributed by atoms with E-state index < -0.39 is 11.5 Å². The minimum atomic E-state index is -1.06. The van der Waals surface area contributed by atoms with E-state index in [2.05, 4.69) is 38.0 Å². The molecule has 0 unspecified atom stereocenters. The predicted octanol–water partition coefficient (Wildman–Crippen LogP) is 2.94. The van der Waals surface area contributed by atoms with Crippen LogP contribution in [0.25, 0.3) is 0 Å². The summed E-state index contributed by atoms with van der Waals surface area (Å²) in [5, 5.41) is 14.5. The van der Waals surface area contributed by atoms with Gasteiger partial charge in [0, 0.05) is 43.5 Å². The average Bonchev–Trinajstić information content (AvgIpc) is 3.13. The maximum atomic E-state index is 12.7. The molecule has 1 N–H and O–H groups in total. The Bertz CT molecular complexity index is 706. The number of aromatic nitrogens is 2. The van der Waals surface area contributed by atoms with Gasteiger partial charge in [-0.05, 0) is 25.3 Å². The number of carbonyl (C=O) groups is 2. The molecule has 1 aliphatic carbocycles. The van der Waals surface area contributed by atoms with Crippen LogP contribution in [0, 0.1) is 5.92 Å². The molecule has 26 heavy (non-hydrogen) atoms. The Morgan fingerprint density at radius 2 is 1.92 bits per heavy atom. The quantitative estimate of drug-likeness (QED) is 0.842. The molecule has 2 aliphatic rings. The molecule has 2 heterocycles. The van der Waals surface area contributed by atoms with Crippen molar-refractivity contribution in [2.75, 3.05) is 13.1 Å². The Morgan fingerprint density at radius 1 is 1.23 bits per heavy atom. The van der Waals surface area contributed by atoms with Gasteiger partial charge in [-0.25, -0.2) is 4.79 Å². The van der Waals surface area contributed by atoms with E-state index >= 15 is 0 Å². The van der Waals surface area contributed by atoms with E-state index in [1.807, 2.05) is 11.0 Å². The van der Waals surface area contributed by atoms with Crippen molar-refractivity contribution in [3.8, 4) is 0 Å². The molecule has 1 atom stereocenters. The number of rotatable bonds is 3. The molecule has 0 spiro atoms. The van der Waals surface area contributed by atoms with Crippen LogP contribution in [0.5, 0.6) is 0 Å². The van der Waals surface area contributed by atoms with Gasteiger partial charge < -0.3 is 10.0 Å². The van der Waals surface area contributed by atoms with Crippen molar-refractivity contribution in [3.05, 3.63) is 30.1 Å². The number of aliphatic carboxylic acids is 1. The first-order valence-electron chi connectivity index (χ1n) is 9.48. The number of piperidine rings is 1. The first kappa shape index (κ1) is 18.7. The van der Waals surface area contributed by atoms with Crippen molar-refractivity contribution in [2.24, 2.45) is 5.92 Å². The summed E-state index contributed by atoms with van der Waals surface area (Å²) >= 11 is 0. The maximum Gasteiger partial charge on any atom is 0.331 e. The zero-order valence-electron chi connectivity index (χ0n) is 15.9. The van der Waals surface area contributed by atoms with E-state index in [1.54, 1.807) is 10.9 Å². The van der Waals surface area contributed by atoms with Crippen molar-refractivity contribution in [2.45, 2.75) is 63.8 Å². The number of hydrogen-bond donors (Lipinski definition) is 1. The lowest BCUT2D eigenvalue weighted by atomic mass is 9.86. The topological polar surface area (TPSA) is 75.4 Å². The summed E-state index contributed by atoms with van der Waals surface area (Å²) in [6.07, 6.45) is 9.40. The van der Waals surface area contributed by atoms with Gasteiger partial charge in [0.1, 0.15) is 0 Å². The molecule has 1 fully saturated rings. The van der Waals surface area contributed by atoms with Crippen molar-refractivity contribution < 1.29 is 14.7 Å². The van der Waals surface area contributed by atoms with Crippen LogP contribution < -0.4 is 0 Å². The molecule has 1 saturated heterocycles. The first-order valence-corrected chi connectivity index (χ1v) is 9.48. The number of amides is 1. The van der Waals surface area contributed by atoms with E-state index in [0.29, 0.717) is 25.9 Å². The highest BCUT2D eigenvalue weighted by molar-refractivity contribution is 5.81. The number of carboxylic acids is 1. The Kier molecular flexibility index (Phi) is 4.95. The molecule has 0 aromatic carbocycles. The molecule has 6 nitrogen and oxygen atoms in total. The molecule has 1 aromatic rings. The number of carboxylic acid groups (broad SMARTS) is 1. The smallest absolute Gasteiger partial charge is 0.331 e. The summed E-state index contributed by atoms with van der Waals surface area (Å²) < 4.78 is 1.61. The van der Waals surface area contributed by atoms with Gasteiger partial charge in [0.25, 0.3) is 0 Å². The first-order chi connectivity index (χ1) is 12.2. The predicted molar refractivity (Wildman–Crippen MR) is 98.8 cm³/mol. The number of hydrogen-bond acceptors (Lipinski definition) is 3. The molecule has 6 heteroatoms. The van der Waals surface area contributed by atoms with Crippen LogP contribution >= 0.6 is 0 Å². The number of likely N-dealkylation sites (tertiary alicyclic amines) is 1. The van der Waals surface area contributed by atoms with Gasteiger partial charge in [-0.15, -0.1) is 0 Å². The van der Waals surface area contributed by atoms with Gasteiger partial charge in [0.05, 0.1) is 5.69 Å². The standard InChI is InChI=1S/C20H29N3O3/c1-19(2,3)16-9-12-23(21-16)20(18(25)26)10-13-22(14-11-20)17(24)15-7-5-4-6-8-15/h4-5,9,12,15H,6-8,10-11,13-14H2,1-3H3,(H,25,26)/t15-/m0/s1. The van der Waals surface area contributed by atoms with Crippen LogP contribution in [-0.4, -0.2) is 44.8 Å². The highest BCUT2D eigenvalue weighted by Crippen LogP contribution is 2.33. The summed E-state index contributed by atoms with van der Waals surface area (Å²) in [4.78, 5) is 26.7. The summed E-state index contributed by atoms with van der Waals surface area (Å²) in [6, 6.07) is 1.90. The molecule has 1 aliphatic heterocycles. The van der Waals surface area contributed by atoms with E-state index in [1.165, 1.54) is 0 Å². The van der Waals surface area contributed by atoms with Crippen LogP contribution in [0.3, 0.4) is 0 Å². The molecule has 0 saturated carbocycles. The molecule has 3 rings (SSSR count). The van der Waals surface area contributed by atoms with Crippen LogP contribution in [-0.2, 0) is 20.5 Å². The van der Waals surface area contributed by atoms with Crippen molar-refractivity contribution >= 4 is 11.9 Å². The summed E-state index contributed by atoms with van der Waals surface area (Å²) in [5.41, 5.74) is -0.311. The van der Waals surface area contributed by atoms with Crippen molar-refractivity contribution in [3.63, 3.8) is 0 Å². The van der Waals surface area contributed by atoms with Crippen LogP contribution in [0.1, 0.15) is 58.6 Å². The molecular weight excluding hydrogens is 330 g/mol. The second kappa shape index (κ2) is 6.89. The molecular formula is C20H29N3O3. The summed E-state index contributed by atoms with van der Waals surface area (Å²) in [5.74, 6) is -0.646. The Labute approximate surface area is 154 Å². The fourth-order valence-corrected chi connectivity index (χ4v) is 3.88. The third kappa shape index (κ3) is 3.41. The normalized spacial score (nSPS) is 23.0. The lowest BCUT2D eigenvalue weighted by Gasteiger charge is -2.40. The van der Waals surface area contributed by atoms with Crippen LogP contribution in [0.2, 0.25) is 0 Å². The molecule has 1 amide bonds. The lowest BCUT2D eigenvalue weighted by Crippen LogP contribution is -2.53.